The molecule has 0 radical (unpaired) electrons. The molecule has 0 aromatic heterocycles. The summed E-state index contributed by atoms with van der Waals surface area (Å²) in [4.78, 5) is 26.2. The average molecular weight is 367 g/mol. The minimum Gasteiger partial charge on any atom is -0.812 e. The van der Waals surface area contributed by atoms with E-state index in [1.807, 2.05) is 0 Å². The van der Waals surface area contributed by atoms with Crippen molar-refractivity contribution in [2.75, 3.05) is 13.2 Å². The Morgan fingerprint density at radius 1 is 1.22 bits per heavy atom. The van der Waals surface area contributed by atoms with Crippen LogP contribution in [0.25, 0.3) is 0 Å². The van der Waals surface area contributed by atoms with E-state index in [2.05, 4.69) is 35.2 Å². The van der Waals surface area contributed by atoms with Crippen LogP contribution in [0.5, 0.6) is 0 Å². The largest absolute Gasteiger partial charge is 1.00 e. The standard InChI is InChI=1S/C15H27N2O3PS.Na/c1-13-3-11-4-14(2,7-13)9-15(5-11,8-13)10-17-12(16)6-20-21(18,19)22;/h11H,3-10H2,1-2H3,(H2,16,17)(H2,18,19,22);/q;+1/p-2. The molecule has 4 aliphatic carbocycles. The SMILES string of the molecule is CC12CC3CC(C)(C1)CC(CN=C(N)COP([O-])([O-])=S)(C3)C2.[Na+]. The van der Waals surface area contributed by atoms with E-state index in [0.717, 1.165) is 5.92 Å². The van der Waals surface area contributed by atoms with Gasteiger partial charge in [-0.2, -0.15) is 0 Å². The van der Waals surface area contributed by atoms with Crippen LogP contribution >= 0.6 is 6.72 Å². The predicted molar refractivity (Wildman–Crippen MR) is 86.6 cm³/mol. The molecule has 8 heteroatoms. The van der Waals surface area contributed by atoms with Crippen LogP contribution in [0.4, 0.5) is 0 Å². The topological polar surface area (TPSA) is 93.7 Å². The van der Waals surface area contributed by atoms with Gasteiger partial charge in [-0.1, -0.05) is 20.6 Å². The van der Waals surface area contributed by atoms with E-state index >= 15 is 0 Å². The first kappa shape index (κ1) is 20.3. The molecule has 2 N–H and O–H groups in total. The maximum atomic E-state index is 10.9. The van der Waals surface area contributed by atoms with Gasteiger partial charge in [0.25, 0.3) is 0 Å². The molecule has 4 aliphatic rings. The third-order valence-electron chi connectivity index (χ3n) is 5.73. The molecule has 0 aromatic rings. The Labute approximate surface area is 166 Å². The van der Waals surface area contributed by atoms with Crippen molar-refractivity contribution in [3.63, 3.8) is 0 Å². The van der Waals surface area contributed by atoms with Crippen molar-refractivity contribution >= 4 is 24.4 Å². The molecule has 2 atom stereocenters. The van der Waals surface area contributed by atoms with E-state index in [-0.39, 0.29) is 47.4 Å². The minimum atomic E-state index is -4.15. The van der Waals surface area contributed by atoms with Gasteiger partial charge in [-0.25, -0.2) is 0 Å². The molecule has 2 unspecified atom stereocenters. The zero-order valence-electron chi connectivity index (χ0n) is 14.3. The fourth-order valence-electron chi connectivity index (χ4n) is 6.32. The third-order valence-corrected chi connectivity index (χ3v) is 6.49. The van der Waals surface area contributed by atoms with Gasteiger partial charge < -0.3 is 20.0 Å². The normalized spacial score (nSPS) is 42.6. The summed E-state index contributed by atoms with van der Waals surface area (Å²) in [6, 6.07) is 0. The Kier molecular flexibility index (Phi) is 5.85. The van der Waals surface area contributed by atoms with Crippen LogP contribution in [0.3, 0.4) is 0 Å². The Bertz CT molecular complexity index is 535. The monoisotopic (exact) mass is 367 g/mol. The van der Waals surface area contributed by atoms with Crippen molar-refractivity contribution in [2.45, 2.75) is 52.4 Å². The minimum absolute atomic E-state index is 0. The number of nitrogens with zero attached hydrogens (tertiary/aromatic N) is 1. The van der Waals surface area contributed by atoms with Gasteiger partial charge in [-0.15, -0.1) is 11.8 Å². The van der Waals surface area contributed by atoms with Crippen LogP contribution in [-0.2, 0) is 16.3 Å². The summed E-state index contributed by atoms with van der Waals surface area (Å²) >= 11 is 4.20. The van der Waals surface area contributed by atoms with Crippen molar-refractivity contribution in [3.8, 4) is 0 Å². The third kappa shape index (κ3) is 4.79. The van der Waals surface area contributed by atoms with Gasteiger partial charge in [0.2, 0.25) is 0 Å². The number of amidine groups is 1. The number of aliphatic imine (C=N–C) groups is 1. The van der Waals surface area contributed by atoms with Crippen molar-refractivity contribution in [2.24, 2.45) is 32.9 Å². The first-order chi connectivity index (χ1) is 10.0. The molecule has 0 aromatic carbocycles. The second-order valence-corrected chi connectivity index (χ2v) is 11.2. The molecular formula is C15H25N2NaO3PS-. The summed E-state index contributed by atoms with van der Waals surface area (Å²) in [6.07, 6.45) is 7.69. The average Bonchev–Trinajstić information content (AvgIpc) is 2.28. The molecule has 5 nitrogen and oxygen atoms in total. The second-order valence-electron chi connectivity index (χ2n) is 8.66. The van der Waals surface area contributed by atoms with E-state index in [0.29, 0.717) is 17.4 Å². The maximum absolute atomic E-state index is 10.9. The van der Waals surface area contributed by atoms with Crippen LogP contribution in [0.15, 0.2) is 4.99 Å². The van der Waals surface area contributed by atoms with Gasteiger partial charge in [0.1, 0.15) is 12.4 Å². The van der Waals surface area contributed by atoms with Crippen LogP contribution in [0.1, 0.15) is 52.4 Å². The van der Waals surface area contributed by atoms with Crippen LogP contribution in [0.2, 0.25) is 0 Å². The molecular weight excluding hydrogens is 342 g/mol. The summed E-state index contributed by atoms with van der Waals surface area (Å²) in [5.41, 5.74) is 6.92. The summed E-state index contributed by atoms with van der Waals surface area (Å²) in [6.45, 7) is 1.16. The number of rotatable bonds is 5. The van der Waals surface area contributed by atoms with Gasteiger partial charge in [0, 0.05) is 6.54 Å². The van der Waals surface area contributed by atoms with E-state index in [9.17, 15) is 9.79 Å². The zero-order valence-corrected chi connectivity index (χ0v) is 18.0. The van der Waals surface area contributed by atoms with Crippen molar-refractivity contribution in [1.29, 1.82) is 0 Å². The summed E-state index contributed by atoms with van der Waals surface area (Å²) in [7, 11) is 0. The molecule has 0 saturated heterocycles. The van der Waals surface area contributed by atoms with Crippen molar-refractivity contribution in [3.05, 3.63) is 0 Å². The molecule has 126 valence electrons. The fraction of sp³-hybridized carbons (Fsp3) is 0.933. The Hall–Kier alpha value is 1.000. The van der Waals surface area contributed by atoms with Crippen LogP contribution in [-0.4, -0.2) is 19.0 Å². The quantitative estimate of drug-likeness (QED) is 0.271. The number of nitrogens with two attached hydrogens (primary N) is 1. The van der Waals surface area contributed by atoms with Gasteiger partial charge >= 0.3 is 29.6 Å². The number of hydrogen-bond donors (Lipinski definition) is 1. The molecule has 4 fully saturated rings. The summed E-state index contributed by atoms with van der Waals surface area (Å²) in [5, 5.41) is 0. The van der Waals surface area contributed by atoms with E-state index < -0.39 is 6.72 Å². The first-order valence-corrected chi connectivity index (χ1v) is 10.5. The molecule has 0 aliphatic heterocycles. The Morgan fingerprint density at radius 2 is 1.78 bits per heavy atom. The van der Waals surface area contributed by atoms with Gasteiger partial charge in [0.15, 0.2) is 0 Å². The Morgan fingerprint density at radius 3 is 2.26 bits per heavy atom. The second kappa shape index (κ2) is 6.62. The summed E-state index contributed by atoms with van der Waals surface area (Å²) < 4.78 is 4.56. The van der Waals surface area contributed by atoms with E-state index in [1.165, 1.54) is 38.5 Å². The molecule has 0 amide bonds. The molecule has 23 heavy (non-hydrogen) atoms. The molecule has 4 saturated carbocycles. The smallest absolute Gasteiger partial charge is 0.812 e. The summed E-state index contributed by atoms with van der Waals surface area (Å²) in [5.74, 6) is 1.04. The van der Waals surface area contributed by atoms with Gasteiger partial charge in [0.05, 0.1) is 0 Å². The molecule has 0 spiro atoms. The van der Waals surface area contributed by atoms with Crippen molar-refractivity contribution in [1.82, 2.24) is 0 Å². The zero-order chi connectivity index (χ0) is 16.2. The predicted octanol–water partition coefficient (Wildman–Crippen LogP) is -1.69. The van der Waals surface area contributed by atoms with E-state index in [4.69, 9.17) is 5.73 Å². The van der Waals surface area contributed by atoms with Crippen LogP contribution < -0.4 is 45.1 Å². The first-order valence-electron chi connectivity index (χ1n) is 7.96. The molecule has 0 heterocycles. The van der Waals surface area contributed by atoms with E-state index in [1.54, 1.807) is 0 Å². The number of hydrogen-bond acceptors (Lipinski definition) is 5. The molecule has 4 bridgehead atoms. The van der Waals surface area contributed by atoms with Crippen molar-refractivity contribution < 1.29 is 43.9 Å². The Balaban J connectivity index is 0.00000192. The molecule has 4 rings (SSSR count). The maximum Gasteiger partial charge on any atom is 1.00 e. The fourth-order valence-corrected chi connectivity index (χ4v) is 6.77. The van der Waals surface area contributed by atoms with Gasteiger partial charge in [-0.05, 0) is 60.7 Å². The van der Waals surface area contributed by atoms with Gasteiger partial charge in [-0.3, -0.25) is 4.99 Å². The van der Waals surface area contributed by atoms with Crippen LogP contribution in [0, 0.1) is 22.2 Å².